The first-order chi connectivity index (χ1) is 12.1. The third-order valence-corrected chi connectivity index (χ3v) is 4.58. The monoisotopic (exact) mass is 340 g/mol. The number of piperidine rings is 1. The maximum Gasteiger partial charge on any atom is 0.260 e. The first-order valence-electron chi connectivity index (χ1n) is 8.27. The normalized spacial score (nSPS) is 17.3. The Hall–Kier alpha value is -2.89. The maximum absolute atomic E-state index is 12.4. The second kappa shape index (κ2) is 7.34. The van der Waals surface area contributed by atoms with Gasteiger partial charge in [0.25, 0.3) is 5.91 Å². The van der Waals surface area contributed by atoms with Crippen molar-refractivity contribution < 1.29 is 19.1 Å². The molecule has 1 heterocycles. The topological polar surface area (TPSA) is 89.7 Å². The van der Waals surface area contributed by atoms with Crippen LogP contribution in [-0.4, -0.2) is 42.7 Å². The van der Waals surface area contributed by atoms with E-state index in [-0.39, 0.29) is 24.3 Å². The van der Waals surface area contributed by atoms with Crippen LogP contribution >= 0.6 is 0 Å². The Kier molecular flexibility index (Phi) is 4.97. The van der Waals surface area contributed by atoms with Crippen molar-refractivity contribution in [3.05, 3.63) is 42.0 Å². The summed E-state index contributed by atoms with van der Waals surface area (Å²) in [5.41, 5.74) is 5.77. The molecular formula is C19H20N2O4. The van der Waals surface area contributed by atoms with Crippen molar-refractivity contribution in [1.82, 2.24) is 4.90 Å². The first-order valence-corrected chi connectivity index (χ1v) is 8.27. The molecule has 2 aromatic rings. The number of primary amides is 1. The summed E-state index contributed by atoms with van der Waals surface area (Å²) in [5, 5.41) is 1.72. The zero-order valence-corrected chi connectivity index (χ0v) is 13.8. The second-order valence-corrected chi connectivity index (χ2v) is 6.19. The minimum atomic E-state index is -0.379. The van der Waals surface area contributed by atoms with Gasteiger partial charge in [0.2, 0.25) is 5.91 Å². The number of amides is 2. The zero-order valence-electron chi connectivity index (χ0n) is 13.8. The average Bonchev–Trinajstić information content (AvgIpc) is 2.65. The summed E-state index contributed by atoms with van der Waals surface area (Å²) in [6, 6.07) is 11.0. The third kappa shape index (κ3) is 3.63. The van der Waals surface area contributed by atoms with Crippen LogP contribution in [0.5, 0.6) is 5.75 Å². The number of fused-ring (bicyclic) bond motifs is 1. The molecule has 0 radical (unpaired) electrons. The Morgan fingerprint density at radius 1 is 1.24 bits per heavy atom. The highest BCUT2D eigenvalue weighted by molar-refractivity contribution is 6.00. The fraction of sp³-hybridized carbons (Fsp3) is 0.316. The average molecular weight is 340 g/mol. The molecule has 0 aromatic heterocycles. The van der Waals surface area contributed by atoms with Crippen LogP contribution in [0.25, 0.3) is 10.8 Å². The molecule has 1 atom stereocenters. The molecule has 1 saturated heterocycles. The number of nitrogens with zero attached hydrogens (tertiary/aromatic N) is 1. The van der Waals surface area contributed by atoms with Crippen molar-refractivity contribution in [2.24, 2.45) is 11.7 Å². The van der Waals surface area contributed by atoms with Crippen molar-refractivity contribution in [1.29, 1.82) is 0 Å². The standard InChI is InChI=1S/C19H20N2O4/c20-19(24)14-5-3-9-21(10-14)18(23)12-25-17-8-7-13-4-1-2-6-15(13)16(17)11-22/h1-2,4,6-8,11,14H,3,5,9-10,12H2,(H2,20,24). The highest BCUT2D eigenvalue weighted by atomic mass is 16.5. The number of likely N-dealkylation sites (tertiary alicyclic amines) is 1. The fourth-order valence-corrected chi connectivity index (χ4v) is 3.19. The number of aldehydes is 1. The van der Waals surface area contributed by atoms with Crippen LogP contribution < -0.4 is 10.5 Å². The second-order valence-electron chi connectivity index (χ2n) is 6.19. The third-order valence-electron chi connectivity index (χ3n) is 4.58. The van der Waals surface area contributed by atoms with E-state index in [0.717, 1.165) is 23.5 Å². The maximum atomic E-state index is 12.4. The molecule has 2 amide bonds. The summed E-state index contributed by atoms with van der Waals surface area (Å²) in [6.07, 6.45) is 2.20. The number of ether oxygens (including phenoxy) is 1. The minimum absolute atomic E-state index is 0.176. The summed E-state index contributed by atoms with van der Waals surface area (Å²) in [4.78, 5) is 36.8. The zero-order chi connectivity index (χ0) is 17.8. The van der Waals surface area contributed by atoms with E-state index >= 15 is 0 Å². The van der Waals surface area contributed by atoms with Crippen LogP contribution in [0, 0.1) is 5.92 Å². The van der Waals surface area contributed by atoms with Gasteiger partial charge in [-0.05, 0) is 29.7 Å². The van der Waals surface area contributed by atoms with Crippen molar-refractivity contribution >= 4 is 28.9 Å². The molecule has 6 nitrogen and oxygen atoms in total. The van der Waals surface area contributed by atoms with E-state index in [1.165, 1.54) is 0 Å². The smallest absolute Gasteiger partial charge is 0.260 e. The van der Waals surface area contributed by atoms with Crippen molar-refractivity contribution in [2.45, 2.75) is 12.8 Å². The SMILES string of the molecule is NC(=O)C1CCCN(C(=O)COc2ccc3ccccc3c2C=O)C1. The van der Waals surface area contributed by atoms with Gasteiger partial charge >= 0.3 is 0 Å². The summed E-state index contributed by atoms with van der Waals surface area (Å²) in [6.45, 7) is 0.741. The Labute approximate surface area is 145 Å². The van der Waals surface area contributed by atoms with Gasteiger partial charge in [-0.1, -0.05) is 30.3 Å². The molecule has 2 aromatic carbocycles. The Morgan fingerprint density at radius 3 is 2.80 bits per heavy atom. The number of carbonyl (C=O) groups is 3. The summed E-state index contributed by atoms with van der Waals surface area (Å²) >= 11 is 0. The Morgan fingerprint density at radius 2 is 2.04 bits per heavy atom. The molecule has 25 heavy (non-hydrogen) atoms. The van der Waals surface area contributed by atoms with E-state index in [9.17, 15) is 14.4 Å². The molecule has 6 heteroatoms. The van der Waals surface area contributed by atoms with Gasteiger partial charge in [0, 0.05) is 13.1 Å². The van der Waals surface area contributed by atoms with E-state index in [0.29, 0.717) is 30.8 Å². The van der Waals surface area contributed by atoms with Crippen LogP contribution in [0.4, 0.5) is 0 Å². The predicted octanol–water partition coefficient (Wildman–Crippen LogP) is 1.75. The number of hydrogen-bond donors (Lipinski definition) is 1. The van der Waals surface area contributed by atoms with Gasteiger partial charge in [-0.15, -0.1) is 0 Å². The van der Waals surface area contributed by atoms with E-state index < -0.39 is 0 Å². The lowest BCUT2D eigenvalue weighted by Crippen LogP contribution is -2.45. The van der Waals surface area contributed by atoms with Crippen LogP contribution in [-0.2, 0) is 9.59 Å². The largest absolute Gasteiger partial charge is 0.483 e. The van der Waals surface area contributed by atoms with Gasteiger partial charge in [-0.2, -0.15) is 0 Å². The molecule has 0 bridgehead atoms. The summed E-state index contributed by atoms with van der Waals surface area (Å²) < 4.78 is 5.61. The first kappa shape index (κ1) is 17.0. The lowest BCUT2D eigenvalue weighted by atomic mass is 9.97. The molecule has 0 aliphatic carbocycles. The van der Waals surface area contributed by atoms with Crippen LogP contribution in [0.1, 0.15) is 23.2 Å². The number of nitrogens with two attached hydrogens (primary N) is 1. The lowest BCUT2D eigenvalue weighted by Gasteiger charge is -2.31. The molecule has 0 spiro atoms. The number of benzene rings is 2. The molecule has 130 valence electrons. The molecular weight excluding hydrogens is 320 g/mol. The number of rotatable bonds is 5. The summed E-state index contributed by atoms with van der Waals surface area (Å²) in [7, 11) is 0. The lowest BCUT2D eigenvalue weighted by molar-refractivity contribution is -0.136. The summed E-state index contributed by atoms with van der Waals surface area (Å²) in [5.74, 6) is -0.512. The van der Waals surface area contributed by atoms with Crippen LogP contribution in [0.2, 0.25) is 0 Å². The number of carbonyl (C=O) groups excluding carboxylic acids is 3. The van der Waals surface area contributed by atoms with Crippen LogP contribution in [0.3, 0.4) is 0 Å². The highest BCUT2D eigenvalue weighted by Gasteiger charge is 2.27. The molecule has 2 N–H and O–H groups in total. The van der Waals surface area contributed by atoms with Gasteiger partial charge in [0.1, 0.15) is 5.75 Å². The van der Waals surface area contributed by atoms with Gasteiger partial charge in [-0.25, -0.2) is 0 Å². The molecule has 1 aliphatic heterocycles. The van der Waals surface area contributed by atoms with Gasteiger partial charge in [0.15, 0.2) is 12.9 Å². The predicted molar refractivity (Wildman–Crippen MR) is 93.3 cm³/mol. The van der Waals surface area contributed by atoms with E-state index in [2.05, 4.69) is 0 Å². The van der Waals surface area contributed by atoms with Gasteiger partial charge < -0.3 is 15.4 Å². The number of hydrogen-bond acceptors (Lipinski definition) is 4. The molecule has 1 aliphatic rings. The van der Waals surface area contributed by atoms with E-state index in [1.807, 2.05) is 30.3 Å². The van der Waals surface area contributed by atoms with Crippen molar-refractivity contribution in [3.8, 4) is 5.75 Å². The van der Waals surface area contributed by atoms with E-state index in [1.54, 1.807) is 11.0 Å². The molecule has 1 fully saturated rings. The van der Waals surface area contributed by atoms with Gasteiger partial charge in [0.05, 0.1) is 11.5 Å². The quantitative estimate of drug-likeness (QED) is 0.840. The van der Waals surface area contributed by atoms with Gasteiger partial charge in [-0.3, -0.25) is 14.4 Å². The Bertz CT molecular complexity index is 818. The van der Waals surface area contributed by atoms with Crippen molar-refractivity contribution in [3.63, 3.8) is 0 Å². The Balaban J connectivity index is 1.71. The van der Waals surface area contributed by atoms with Crippen LogP contribution in [0.15, 0.2) is 36.4 Å². The fourth-order valence-electron chi connectivity index (χ4n) is 3.19. The minimum Gasteiger partial charge on any atom is -0.483 e. The van der Waals surface area contributed by atoms with Crippen molar-refractivity contribution in [2.75, 3.05) is 19.7 Å². The molecule has 1 unspecified atom stereocenters. The van der Waals surface area contributed by atoms with E-state index in [4.69, 9.17) is 10.5 Å². The molecule has 0 saturated carbocycles. The highest BCUT2D eigenvalue weighted by Crippen LogP contribution is 2.26. The molecule has 3 rings (SSSR count).